The number of nitrogens with zero attached hydrogens (tertiary/aromatic N) is 3. The number of benzene rings is 1. The summed E-state index contributed by atoms with van der Waals surface area (Å²) in [5, 5.41) is 10.0. The summed E-state index contributed by atoms with van der Waals surface area (Å²) in [6, 6.07) is 6.31. The van der Waals surface area contributed by atoms with Gasteiger partial charge in [-0.05, 0) is 76.6 Å². The molecule has 0 aliphatic carbocycles. The van der Waals surface area contributed by atoms with E-state index < -0.39 is 34.6 Å². The van der Waals surface area contributed by atoms with Crippen LogP contribution in [0.5, 0.6) is 5.75 Å². The highest BCUT2D eigenvalue weighted by Gasteiger charge is 2.78. The minimum absolute atomic E-state index is 0.0225. The first-order chi connectivity index (χ1) is 20.6. The van der Waals surface area contributed by atoms with Crippen molar-refractivity contribution in [3.63, 3.8) is 0 Å². The topological polar surface area (TPSA) is 99.6 Å². The quantitative estimate of drug-likeness (QED) is 0.329. The van der Waals surface area contributed by atoms with Crippen LogP contribution in [0.1, 0.15) is 67.7 Å². The molecule has 3 aliphatic heterocycles. The average molecular weight is 610 g/mol. The van der Waals surface area contributed by atoms with Crippen molar-refractivity contribution in [3.05, 3.63) is 49.6 Å². The van der Waals surface area contributed by atoms with Crippen LogP contribution in [0.4, 0.5) is 5.69 Å². The Morgan fingerprint density at radius 1 is 1.09 bits per heavy atom. The molecule has 5 atom stereocenters. The second-order valence-electron chi connectivity index (χ2n) is 14.4. The van der Waals surface area contributed by atoms with Crippen LogP contribution in [0.15, 0.2) is 49.6 Å². The Bertz CT molecular complexity index is 1270. The fraction of sp³-hybridized carbons (Fsp3) is 0.629. The Hall–Kier alpha value is -3.17. The van der Waals surface area contributed by atoms with Crippen molar-refractivity contribution in [1.82, 2.24) is 9.80 Å². The lowest BCUT2D eigenvalue weighted by Crippen LogP contribution is -2.61. The monoisotopic (exact) mass is 609 g/mol. The zero-order chi connectivity index (χ0) is 32.7. The number of β-amino-alcohol motifs (C(OH)–C–C–N with tert-alkyl or cyclic N) is 1. The third-order valence-corrected chi connectivity index (χ3v) is 9.43. The number of fused-ring (bicyclic) bond motifs is 1. The third kappa shape index (κ3) is 5.81. The van der Waals surface area contributed by atoms with E-state index in [0.29, 0.717) is 37.4 Å². The van der Waals surface area contributed by atoms with Crippen LogP contribution in [-0.2, 0) is 19.1 Å². The van der Waals surface area contributed by atoms with Crippen molar-refractivity contribution in [3.8, 4) is 5.75 Å². The largest absolute Gasteiger partial charge is 0.494 e. The van der Waals surface area contributed by atoms with Crippen LogP contribution < -0.4 is 9.64 Å². The summed E-state index contributed by atoms with van der Waals surface area (Å²) >= 11 is 0. The molecule has 1 N–H and O–H groups in total. The molecule has 3 aliphatic rings. The first-order valence-corrected chi connectivity index (χ1v) is 15.8. The van der Waals surface area contributed by atoms with Gasteiger partial charge in [0, 0.05) is 30.9 Å². The number of rotatable bonds is 13. The van der Waals surface area contributed by atoms with Gasteiger partial charge in [0.05, 0.1) is 30.7 Å². The molecule has 0 aromatic heterocycles. The first kappa shape index (κ1) is 33.7. The van der Waals surface area contributed by atoms with Gasteiger partial charge < -0.3 is 29.3 Å². The minimum Gasteiger partial charge on any atom is -0.494 e. The van der Waals surface area contributed by atoms with Crippen molar-refractivity contribution < 1.29 is 29.0 Å². The number of carbonyl (C=O) groups is 3. The number of carbonyl (C=O) groups excluding carboxylic acids is 3. The molecule has 9 nitrogen and oxygen atoms in total. The highest BCUT2D eigenvalue weighted by atomic mass is 16.5. The third-order valence-electron chi connectivity index (χ3n) is 9.43. The van der Waals surface area contributed by atoms with Crippen molar-refractivity contribution >= 4 is 23.4 Å². The molecular weight excluding hydrogens is 558 g/mol. The summed E-state index contributed by atoms with van der Waals surface area (Å²) < 4.78 is 12.4. The Kier molecular flexibility index (Phi) is 9.44. The van der Waals surface area contributed by atoms with Crippen molar-refractivity contribution in [2.75, 3.05) is 37.7 Å². The normalized spacial score (nSPS) is 27.7. The van der Waals surface area contributed by atoms with Gasteiger partial charge in [-0.25, -0.2) is 0 Å². The Morgan fingerprint density at radius 3 is 2.27 bits per heavy atom. The highest BCUT2D eigenvalue weighted by Crippen LogP contribution is 2.63. The highest BCUT2D eigenvalue weighted by molar-refractivity contribution is 6.03. The smallest absolute Gasteiger partial charge is 0.249 e. The number of aliphatic hydroxyl groups is 1. The van der Waals surface area contributed by atoms with Crippen LogP contribution in [0.2, 0.25) is 0 Å². The number of ether oxygens (including phenoxy) is 2. The molecule has 242 valence electrons. The Morgan fingerprint density at radius 2 is 1.73 bits per heavy atom. The molecule has 2 unspecified atom stereocenters. The zero-order valence-electron chi connectivity index (χ0n) is 27.6. The molecule has 3 amide bonds. The van der Waals surface area contributed by atoms with E-state index in [1.165, 1.54) is 4.90 Å². The molecule has 4 rings (SSSR count). The number of amides is 3. The molecule has 1 aromatic rings. The van der Waals surface area contributed by atoms with Crippen molar-refractivity contribution in [2.45, 2.75) is 90.5 Å². The predicted octanol–water partition coefficient (Wildman–Crippen LogP) is 4.59. The van der Waals surface area contributed by atoms with Gasteiger partial charge in [0.2, 0.25) is 17.7 Å². The number of hydrogen-bond donors (Lipinski definition) is 1. The van der Waals surface area contributed by atoms with Gasteiger partial charge in [-0.15, -0.1) is 13.2 Å². The van der Waals surface area contributed by atoms with E-state index >= 15 is 0 Å². The molecular formula is C35H51N3O6. The molecule has 3 fully saturated rings. The van der Waals surface area contributed by atoms with Gasteiger partial charge >= 0.3 is 0 Å². The van der Waals surface area contributed by atoms with Gasteiger partial charge in [-0.1, -0.05) is 32.9 Å². The maximum absolute atomic E-state index is 14.8. The lowest BCUT2D eigenvalue weighted by Gasteiger charge is -2.45. The van der Waals surface area contributed by atoms with E-state index in [1.54, 1.807) is 22.0 Å². The van der Waals surface area contributed by atoms with E-state index in [9.17, 15) is 19.5 Å². The lowest BCUT2D eigenvalue weighted by atomic mass is 9.65. The maximum Gasteiger partial charge on any atom is 0.249 e. The lowest BCUT2D eigenvalue weighted by molar-refractivity contribution is -0.156. The zero-order valence-corrected chi connectivity index (χ0v) is 27.6. The standard InChI is InChI=1S/C35H51N3O6/c1-10-19-36(24-13-15-25(16-14-24)43-12-3)29(40)26-27-30(41)37(21-22-39)28(35(27)18-17-34(26,9)44-35)31(42)38(20-11-2)33(7,8)23-32(4,5)6/h10-11,13-16,26-28,39H,1-2,12,17-23H2,3-9H3/t26-,27+,28?,34+,35?/m1/s1. The van der Waals surface area contributed by atoms with E-state index in [4.69, 9.17) is 9.47 Å². The Labute approximate surface area is 262 Å². The van der Waals surface area contributed by atoms with E-state index in [2.05, 4.69) is 33.9 Å². The van der Waals surface area contributed by atoms with Gasteiger partial charge in [-0.2, -0.15) is 0 Å². The molecule has 3 saturated heterocycles. The van der Waals surface area contributed by atoms with Crippen molar-refractivity contribution in [2.24, 2.45) is 17.3 Å². The summed E-state index contributed by atoms with van der Waals surface area (Å²) in [4.78, 5) is 48.6. The molecule has 9 heteroatoms. The Balaban J connectivity index is 1.77. The van der Waals surface area contributed by atoms with E-state index in [1.807, 2.05) is 52.0 Å². The van der Waals surface area contributed by atoms with Gasteiger partial charge in [-0.3, -0.25) is 14.4 Å². The van der Waals surface area contributed by atoms with Crippen LogP contribution in [0, 0.1) is 17.3 Å². The van der Waals surface area contributed by atoms with Gasteiger partial charge in [0.25, 0.3) is 0 Å². The van der Waals surface area contributed by atoms with Crippen LogP contribution >= 0.6 is 0 Å². The molecule has 44 heavy (non-hydrogen) atoms. The number of likely N-dealkylation sites (tertiary alicyclic amines) is 1. The molecule has 1 aromatic carbocycles. The SMILES string of the molecule is C=CCN(C(=O)[C@H]1[C@H]2C(=O)N(CCO)C(C(=O)N(CC=C)C(C)(C)CC(C)(C)C)C23CC[C@]1(C)O3)c1ccc(OCC)cc1. The molecule has 0 saturated carbocycles. The number of hydrogen-bond acceptors (Lipinski definition) is 6. The second kappa shape index (κ2) is 12.3. The number of aliphatic hydroxyl groups excluding tert-OH is 1. The molecule has 0 radical (unpaired) electrons. The van der Waals surface area contributed by atoms with Crippen molar-refractivity contribution in [1.29, 1.82) is 0 Å². The van der Waals surface area contributed by atoms with Crippen LogP contribution in [-0.4, -0.2) is 88.3 Å². The summed E-state index contributed by atoms with van der Waals surface area (Å²) in [5.41, 5.74) is -2.09. The van der Waals surface area contributed by atoms with Gasteiger partial charge in [0.15, 0.2) is 0 Å². The van der Waals surface area contributed by atoms with E-state index in [0.717, 1.165) is 6.42 Å². The minimum atomic E-state index is -1.19. The predicted molar refractivity (Wildman–Crippen MR) is 171 cm³/mol. The van der Waals surface area contributed by atoms with Crippen LogP contribution in [0.3, 0.4) is 0 Å². The molecule has 3 heterocycles. The fourth-order valence-corrected chi connectivity index (χ4v) is 8.24. The summed E-state index contributed by atoms with van der Waals surface area (Å²) in [6.07, 6.45) is 5.08. The molecule has 1 spiro atoms. The van der Waals surface area contributed by atoms with E-state index in [-0.39, 0.29) is 42.8 Å². The van der Waals surface area contributed by atoms with Crippen LogP contribution in [0.25, 0.3) is 0 Å². The summed E-state index contributed by atoms with van der Waals surface area (Å²) in [7, 11) is 0. The average Bonchev–Trinajstić information content (AvgIpc) is 3.50. The number of anilines is 1. The first-order valence-electron chi connectivity index (χ1n) is 15.8. The maximum atomic E-state index is 14.8. The second-order valence-corrected chi connectivity index (χ2v) is 14.4. The van der Waals surface area contributed by atoms with Gasteiger partial charge in [0.1, 0.15) is 17.4 Å². The summed E-state index contributed by atoms with van der Waals surface area (Å²) in [6.45, 7) is 22.8. The summed E-state index contributed by atoms with van der Waals surface area (Å²) in [5.74, 6) is -1.79. The molecule has 2 bridgehead atoms. The fourth-order valence-electron chi connectivity index (χ4n) is 8.24.